The van der Waals surface area contributed by atoms with Crippen LogP contribution >= 0.6 is 11.3 Å². The fraction of sp³-hybridized carbons (Fsp3) is 0.600. The Morgan fingerprint density at radius 2 is 2.40 bits per heavy atom. The van der Waals surface area contributed by atoms with E-state index in [-0.39, 0.29) is 0 Å². The van der Waals surface area contributed by atoms with Crippen molar-refractivity contribution in [3.8, 4) is 0 Å². The molecule has 0 atom stereocenters. The van der Waals surface area contributed by atoms with Crippen molar-refractivity contribution in [2.45, 2.75) is 19.9 Å². The number of aryl methyl sites for hydroxylation is 1. The lowest BCUT2D eigenvalue weighted by molar-refractivity contribution is 0.173. The van der Waals surface area contributed by atoms with Gasteiger partial charge in [0.05, 0.1) is 16.9 Å². The van der Waals surface area contributed by atoms with Crippen LogP contribution in [0.5, 0.6) is 0 Å². The van der Waals surface area contributed by atoms with Crippen LogP contribution in [0.2, 0.25) is 0 Å². The molecule has 2 rings (SSSR count). The lowest BCUT2D eigenvalue weighted by Gasteiger charge is -2.14. The van der Waals surface area contributed by atoms with Gasteiger partial charge in [0.2, 0.25) is 0 Å². The van der Waals surface area contributed by atoms with E-state index in [1.165, 1.54) is 4.88 Å². The van der Waals surface area contributed by atoms with Gasteiger partial charge in [-0.05, 0) is 14.0 Å². The van der Waals surface area contributed by atoms with Crippen LogP contribution in [0.25, 0.3) is 0 Å². The molecule has 0 spiro atoms. The van der Waals surface area contributed by atoms with Gasteiger partial charge < -0.3 is 4.84 Å². The number of thiazole rings is 1. The number of hydrogen-bond donors (Lipinski definition) is 0. The van der Waals surface area contributed by atoms with Crippen LogP contribution in [0.15, 0.2) is 10.7 Å². The van der Waals surface area contributed by atoms with E-state index >= 15 is 0 Å². The van der Waals surface area contributed by atoms with Crippen molar-refractivity contribution in [3.05, 3.63) is 16.1 Å². The molecule has 15 heavy (non-hydrogen) atoms. The average molecular weight is 225 g/mol. The molecule has 4 nitrogen and oxygen atoms in total. The Morgan fingerprint density at radius 3 is 3.00 bits per heavy atom. The molecule has 0 amide bonds. The molecule has 1 aliphatic heterocycles. The van der Waals surface area contributed by atoms with E-state index in [1.807, 2.05) is 5.51 Å². The highest BCUT2D eigenvalue weighted by molar-refractivity contribution is 7.09. The van der Waals surface area contributed by atoms with Gasteiger partial charge in [0, 0.05) is 24.4 Å². The zero-order valence-electron chi connectivity index (χ0n) is 9.06. The lowest BCUT2D eigenvalue weighted by atomic mass is 10.2. The van der Waals surface area contributed by atoms with Crippen LogP contribution < -0.4 is 0 Å². The van der Waals surface area contributed by atoms with Gasteiger partial charge in [0.1, 0.15) is 6.61 Å². The van der Waals surface area contributed by atoms with E-state index in [9.17, 15) is 0 Å². The Balaban J connectivity index is 1.87. The van der Waals surface area contributed by atoms with Crippen LogP contribution in [-0.4, -0.2) is 35.8 Å². The Hall–Kier alpha value is -0.940. The largest absolute Gasteiger partial charge is 0.395 e. The minimum Gasteiger partial charge on any atom is -0.395 e. The Bertz CT molecular complexity index is 361. The van der Waals surface area contributed by atoms with Crippen LogP contribution in [0.1, 0.15) is 17.0 Å². The standard InChI is InChI=1S/C10H15N3OS/c1-8-10(15-7-11-8)6-13(2)5-9-3-4-14-12-9/h7H,3-6H2,1-2H3. The summed E-state index contributed by atoms with van der Waals surface area (Å²) in [5.74, 6) is 0. The minimum absolute atomic E-state index is 0.739. The van der Waals surface area contributed by atoms with Gasteiger partial charge in [-0.3, -0.25) is 4.90 Å². The summed E-state index contributed by atoms with van der Waals surface area (Å²) in [6.07, 6.45) is 0.964. The summed E-state index contributed by atoms with van der Waals surface area (Å²) in [6, 6.07) is 0. The van der Waals surface area contributed by atoms with Gasteiger partial charge >= 0.3 is 0 Å². The van der Waals surface area contributed by atoms with Crippen molar-refractivity contribution in [3.63, 3.8) is 0 Å². The first-order valence-electron chi connectivity index (χ1n) is 5.01. The van der Waals surface area contributed by atoms with Gasteiger partial charge in [0.15, 0.2) is 0 Å². The van der Waals surface area contributed by atoms with Crippen LogP contribution in [0.4, 0.5) is 0 Å². The Kier molecular flexibility index (Phi) is 3.33. The lowest BCUT2D eigenvalue weighted by Crippen LogP contribution is -2.24. The third-order valence-corrected chi connectivity index (χ3v) is 3.31. The summed E-state index contributed by atoms with van der Waals surface area (Å²) >= 11 is 1.71. The monoisotopic (exact) mass is 225 g/mol. The summed E-state index contributed by atoms with van der Waals surface area (Å²) in [7, 11) is 2.10. The van der Waals surface area contributed by atoms with Crippen molar-refractivity contribution >= 4 is 17.0 Å². The fourth-order valence-corrected chi connectivity index (χ4v) is 2.40. The number of hydrogen-bond acceptors (Lipinski definition) is 5. The van der Waals surface area contributed by atoms with E-state index in [0.29, 0.717) is 0 Å². The van der Waals surface area contributed by atoms with Gasteiger partial charge in [-0.1, -0.05) is 5.16 Å². The molecule has 0 radical (unpaired) electrons. The first-order valence-corrected chi connectivity index (χ1v) is 5.89. The van der Waals surface area contributed by atoms with Crippen molar-refractivity contribution < 1.29 is 4.84 Å². The van der Waals surface area contributed by atoms with E-state index in [1.54, 1.807) is 11.3 Å². The van der Waals surface area contributed by atoms with Gasteiger partial charge in [-0.15, -0.1) is 11.3 Å². The highest BCUT2D eigenvalue weighted by Crippen LogP contribution is 2.14. The number of nitrogens with zero attached hydrogens (tertiary/aromatic N) is 3. The van der Waals surface area contributed by atoms with E-state index in [4.69, 9.17) is 4.84 Å². The molecular formula is C10H15N3OS. The SMILES string of the molecule is Cc1ncsc1CN(C)CC1=NOCC1. The minimum atomic E-state index is 0.739. The van der Waals surface area contributed by atoms with E-state index in [0.717, 1.165) is 37.5 Å². The first-order chi connectivity index (χ1) is 7.25. The molecular weight excluding hydrogens is 210 g/mol. The highest BCUT2D eigenvalue weighted by atomic mass is 32.1. The molecule has 0 saturated heterocycles. The van der Waals surface area contributed by atoms with Gasteiger partial charge in [-0.25, -0.2) is 4.98 Å². The molecule has 2 heterocycles. The Labute approximate surface area is 93.6 Å². The van der Waals surface area contributed by atoms with Gasteiger partial charge in [0.25, 0.3) is 0 Å². The summed E-state index contributed by atoms with van der Waals surface area (Å²) in [4.78, 5) is 12.8. The van der Waals surface area contributed by atoms with Crippen LogP contribution in [0, 0.1) is 6.92 Å². The van der Waals surface area contributed by atoms with E-state index < -0.39 is 0 Å². The predicted octanol–water partition coefficient (Wildman–Crippen LogP) is 1.66. The normalized spacial score (nSPS) is 15.5. The molecule has 0 N–H and O–H groups in total. The fourth-order valence-electron chi connectivity index (χ4n) is 1.54. The maximum atomic E-state index is 4.97. The average Bonchev–Trinajstić information content (AvgIpc) is 2.79. The predicted molar refractivity (Wildman–Crippen MR) is 61.2 cm³/mol. The van der Waals surface area contributed by atoms with Crippen LogP contribution in [0.3, 0.4) is 0 Å². The molecule has 0 saturated carbocycles. The first kappa shape index (κ1) is 10.6. The smallest absolute Gasteiger partial charge is 0.122 e. The second kappa shape index (κ2) is 4.72. The molecule has 1 aliphatic rings. The number of aromatic nitrogens is 1. The zero-order chi connectivity index (χ0) is 10.7. The molecule has 0 bridgehead atoms. The summed E-state index contributed by atoms with van der Waals surface area (Å²) in [5.41, 5.74) is 4.17. The quantitative estimate of drug-likeness (QED) is 0.782. The van der Waals surface area contributed by atoms with Gasteiger partial charge in [-0.2, -0.15) is 0 Å². The molecule has 5 heteroatoms. The van der Waals surface area contributed by atoms with Crippen LogP contribution in [-0.2, 0) is 11.4 Å². The maximum Gasteiger partial charge on any atom is 0.122 e. The molecule has 1 aromatic heterocycles. The Morgan fingerprint density at radius 1 is 1.53 bits per heavy atom. The molecule has 0 unspecified atom stereocenters. The molecule has 82 valence electrons. The number of oxime groups is 1. The second-order valence-electron chi connectivity index (χ2n) is 3.77. The maximum absolute atomic E-state index is 4.97. The second-order valence-corrected chi connectivity index (χ2v) is 4.71. The molecule has 1 aromatic rings. The van der Waals surface area contributed by atoms with Crippen molar-refractivity contribution in [1.29, 1.82) is 0 Å². The zero-order valence-corrected chi connectivity index (χ0v) is 9.88. The molecule has 0 aromatic carbocycles. The van der Waals surface area contributed by atoms with Crippen molar-refractivity contribution in [2.24, 2.45) is 5.16 Å². The summed E-state index contributed by atoms with van der Waals surface area (Å²) < 4.78 is 0. The van der Waals surface area contributed by atoms with Crippen molar-refractivity contribution in [1.82, 2.24) is 9.88 Å². The highest BCUT2D eigenvalue weighted by Gasteiger charge is 2.12. The number of rotatable bonds is 4. The summed E-state index contributed by atoms with van der Waals surface area (Å²) in [6.45, 7) is 4.62. The van der Waals surface area contributed by atoms with E-state index in [2.05, 4.69) is 29.0 Å². The van der Waals surface area contributed by atoms with Crippen molar-refractivity contribution in [2.75, 3.05) is 20.2 Å². The summed E-state index contributed by atoms with van der Waals surface area (Å²) in [5, 5.41) is 3.99. The third kappa shape index (κ3) is 2.76. The third-order valence-electron chi connectivity index (χ3n) is 2.39. The molecule has 0 aliphatic carbocycles. The topological polar surface area (TPSA) is 37.7 Å². The molecule has 0 fully saturated rings.